The van der Waals surface area contributed by atoms with Gasteiger partial charge in [0.1, 0.15) is 0 Å². The van der Waals surface area contributed by atoms with Crippen LogP contribution >= 0.6 is 38.5 Å². The van der Waals surface area contributed by atoms with Crippen LogP contribution in [0.15, 0.2) is 22.7 Å². The molecule has 2 nitrogen and oxygen atoms in total. The van der Waals surface area contributed by atoms with Gasteiger partial charge in [-0.15, -0.1) is 0 Å². The maximum absolute atomic E-state index is 5.73. The summed E-state index contributed by atoms with van der Waals surface area (Å²) in [7, 11) is 0. The van der Waals surface area contributed by atoms with E-state index in [1.165, 1.54) is 22.0 Å². The SMILES string of the molecule is CCNC(CCC1CCCO1)c1cc(Br)ccc1I. The second-order valence-electron chi connectivity index (χ2n) is 4.99. The van der Waals surface area contributed by atoms with Crippen LogP contribution in [0.3, 0.4) is 0 Å². The topological polar surface area (TPSA) is 21.3 Å². The molecule has 1 saturated heterocycles. The highest BCUT2D eigenvalue weighted by molar-refractivity contribution is 14.1. The molecule has 1 aliphatic heterocycles. The number of ether oxygens (including phenoxy) is 1. The summed E-state index contributed by atoms with van der Waals surface area (Å²) < 4.78 is 8.22. The van der Waals surface area contributed by atoms with Crippen molar-refractivity contribution in [2.75, 3.05) is 13.2 Å². The van der Waals surface area contributed by atoms with E-state index in [0.717, 1.165) is 30.5 Å². The summed E-state index contributed by atoms with van der Waals surface area (Å²) in [4.78, 5) is 0. The van der Waals surface area contributed by atoms with Crippen molar-refractivity contribution >= 4 is 38.5 Å². The van der Waals surface area contributed by atoms with Crippen molar-refractivity contribution in [1.29, 1.82) is 0 Å². The van der Waals surface area contributed by atoms with Gasteiger partial charge >= 0.3 is 0 Å². The average molecular weight is 438 g/mol. The standard InChI is InChI=1S/C15H21BrINO/c1-2-18-15(8-6-12-4-3-9-19-12)13-10-11(16)5-7-14(13)17/h5,7,10,12,15,18H,2-4,6,8-9H2,1H3. The van der Waals surface area contributed by atoms with Gasteiger partial charge in [0, 0.05) is 20.7 Å². The second-order valence-corrected chi connectivity index (χ2v) is 7.07. The number of rotatable bonds is 6. The van der Waals surface area contributed by atoms with Crippen LogP contribution in [0.2, 0.25) is 0 Å². The van der Waals surface area contributed by atoms with Crippen LogP contribution in [0.4, 0.5) is 0 Å². The Morgan fingerprint density at radius 2 is 2.37 bits per heavy atom. The third-order valence-electron chi connectivity index (χ3n) is 3.59. The molecular formula is C15H21BrINO. The summed E-state index contributed by atoms with van der Waals surface area (Å²) >= 11 is 6.01. The predicted octanol–water partition coefficient (Wildman–Crippen LogP) is 4.66. The summed E-state index contributed by atoms with van der Waals surface area (Å²) in [6.45, 7) is 4.12. The van der Waals surface area contributed by atoms with Gasteiger partial charge < -0.3 is 10.1 Å². The molecule has 1 heterocycles. The first-order valence-electron chi connectivity index (χ1n) is 7.00. The Morgan fingerprint density at radius 3 is 3.05 bits per heavy atom. The molecule has 0 aromatic heterocycles. The smallest absolute Gasteiger partial charge is 0.0576 e. The van der Waals surface area contributed by atoms with E-state index >= 15 is 0 Å². The lowest BCUT2D eigenvalue weighted by Gasteiger charge is -2.21. The second kappa shape index (κ2) is 7.96. The largest absolute Gasteiger partial charge is 0.378 e. The summed E-state index contributed by atoms with van der Waals surface area (Å²) in [5.41, 5.74) is 1.40. The van der Waals surface area contributed by atoms with Crippen LogP contribution in [0.5, 0.6) is 0 Å². The van der Waals surface area contributed by atoms with Gasteiger partial charge in [-0.25, -0.2) is 0 Å². The molecule has 2 rings (SSSR count). The molecule has 0 bridgehead atoms. The van der Waals surface area contributed by atoms with E-state index in [2.05, 4.69) is 69.0 Å². The molecule has 0 saturated carbocycles. The van der Waals surface area contributed by atoms with Crippen LogP contribution < -0.4 is 5.32 Å². The summed E-state index contributed by atoms with van der Waals surface area (Å²) in [5.74, 6) is 0. The lowest BCUT2D eigenvalue weighted by Crippen LogP contribution is -2.23. The van der Waals surface area contributed by atoms with Crippen molar-refractivity contribution in [3.8, 4) is 0 Å². The van der Waals surface area contributed by atoms with E-state index in [9.17, 15) is 0 Å². The minimum absolute atomic E-state index is 0.429. The molecule has 106 valence electrons. The Balaban J connectivity index is 2.03. The van der Waals surface area contributed by atoms with Crippen LogP contribution in [-0.4, -0.2) is 19.3 Å². The number of nitrogens with one attached hydrogen (secondary N) is 1. The zero-order valence-electron chi connectivity index (χ0n) is 11.3. The van der Waals surface area contributed by atoms with Crippen molar-refractivity contribution in [2.45, 2.75) is 44.8 Å². The Morgan fingerprint density at radius 1 is 1.53 bits per heavy atom. The molecule has 0 radical (unpaired) electrons. The lowest BCUT2D eigenvalue weighted by molar-refractivity contribution is 0.0996. The molecule has 1 fully saturated rings. The first kappa shape index (κ1) is 15.7. The van der Waals surface area contributed by atoms with Gasteiger partial charge in [-0.3, -0.25) is 0 Å². The fraction of sp³-hybridized carbons (Fsp3) is 0.600. The minimum Gasteiger partial charge on any atom is -0.378 e. The Labute approximate surface area is 138 Å². The van der Waals surface area contributed by atoms with Gasteiger partial charge in [-0.2, -0.15) is 0 Å². The molecule has 1 aromatic carbocycles. The number of benzene rings is 1. The molecular weight excluding hydrogens is 417 g/mol. The van der Waals surface area contributed by atoms with Crippen LogP contribution in [0, 0.1) is 3.57 Å². The maximum atomic E-state index is 5.73. The van der Waals surface area contributed by atoms with Gasteiger partial charge in [0.25, 0.3) is 0 Å². The van der Waals surface area contributed by atoms with Gasteiger partial charge in [0.05, 0.1) is 6.10 Å². The molecule has 0 aliphatic carbocycles. The molecule has 1 aromatic rings. The van der Waals surface area contributed by atoms with Crippen LogP contribution in [0.1, 0.15) is 44.2 Å². The van der Waals surface area contributed by atoms with E-state index in [1.807, 2.05) is 0 Å². The molecule has 0 amide bonds. The molecule has 4 heteroatoms. The monoisotopic (exact) mass is 437 g/mol. The fourth-order valence-electron chi connectivity index (χ4n) is 2.62. The number of halogens is 2. The molecule has 1 aliphatic rings. The molecule has 0 spiro atoms. The zero-order valence-corrected chi connectivity index (χ0v) is 15.0. The first-order valence-corrected chi connectivity index (χ1v) is 8.87. The summed E-state index contributed by atoms with van der Waals surface area (Å²) in [6.07, 6.45) is 5.23. The lowest BCUT2D eigenvalue weighted by atomic mass is 9.99. The van der Waals surface area contributed by atoms with E-state index < -0.39 is 0 Å². The van der Waals surface area contributed by atoms with Crippen LogP contribution in [0.25, 0.3) is 0 Å². The van der Waals surface area contributed by atoms with E-state index in [4.69, 9.17) is 4.74 Å². The molecule has 2 unspecified atom stereocenters. The molecule has 1 N–H and O–H groups in total. The van der Waals surface area contributed by atoms with Crippen molar-refractivity contribution in [2.24, 2.45) is 0 Å². The minimum atomic E-state index is 0.429. The summed E-state index contributed by atoms with van der Waals surface area (Å²) in [6, 6.07) is 6.95. The highest BCUT2D eigenvalue weighted by atomic mass is 127. The van der Waals surface area contributed by atoms with E-state index in [0.29, 0.717) is 12.1 Å². The van der Waals surface area contributed by atoms with E-state index in [1.54, 1.807) is 0 Å². The molecule has 2 atom stereocenters. The normalized spacial score (nSPS) is 20.7. The number of hydrogen-bond donors (Lipinski definition) is 1. The summed E-state index contributed by atoms with van der Waals surface area (Å²) in [5, 5.41) is 3.61. The average Bonchev–Trinajstić information content (AvgIpc) is 2.91. The predicted molar refractivity (Wildman–Crippen MR) is 91.5 cm³/mol. The van der Waals surface area contributed by atoms with E-state index in [-0.39, 0.29) is 0 Å². The molecule has 19 heavy (non-hydrogen) atoms. The van der Waals surface area contributed by atoms with Gasteiger partial charge in [-0.1, -0.05) is 22.9 Å². The first-order chi connectivity index (χ1) is 9.20. The Kier molecular flexibility index (Phi) is 6.59. The fourth-order valence-corrected chi connectivity index (χ4v) is 3.71. The zero-order chi connectivity index (χ0) is 13.7. The van der Waals surface area contributed by atoms with Crippen LogP contribution in [-0.2, 0) is 4.74 Å². The van der Waals surface area contributed by atoms with Crippen molar-refractivity contribution in [3.63, 3.8) is 0 Å². The maximum Gasteiger partial charge on any atom is 0.0576 e. The van der Waals surface area contributed by atoms with Crippen molar-refractivity contribution in [1.82, 2.24) is 5.32 Å². The van der Waals surface area contributed by atoms with Crippen molar-refractivity contribution in [3.05, 3.63) is 31.8 Å². The highest BCUT2D eigenvalue weighted by Crippen LogP contribution is 2.29. The Hall–Kier alpha value is 0.350. The Bertz CT molecular complexity index is 407. The highest BCUT2D eigenvalue weighted by Gasteiger charge is 2.19. The third-order valence-corrected chi connectivity index (χ3v) is 5.06. The van der Waals surface area contributed by atoms with Gasteiger partial charge in [0.15, 0.2) is 0 Å². The number of hydrogen-bond acceptors (Lipinski definition) is 2. The van der Waals surface area contributed by atoms with Crippen molar-refractivity contribution < 1.29 is 4.74 Å². The third kappa shape index (κ3) is 4.69. The van der Waals surface area contributed by atoms with Gasteiger partial charge in [-0.05, 0) is 78.6 Å². The van der Waals surface area contributed by atoms with Gasteiger partial charge in [0.2, 0.25) is 0 Å². The quantitative estimate of drug-likeness (QED) is 0.653.